The second-order valence-corrected chi connectivity index (χ2v) is 7.24. The summed E-state index contributed by atoms with van der Waals surface area (Å²) in [6, 6.07) is 8.24. The fraction of sp³-hybridized carbons (Fsp3) is 0.533. The molecule has 20 heavy (non-hydrogen) atoms. The van der Waals surface area contributed by atoms with Crippen molar-refractivity contribution in [3.63, 3.8) is 0 Å². The van der Waals surface area contributed by atoms with E-state index in [4.69, 9.17) is 4.74 Å². The number of esters is 1. The van der Waals surface area contributed by atoms with Crippen molar-refractivity contribution in [2.24, 2.45) is 5.92 Å². The third-order valence-corrected chi connectivity index (χ3v) is 5.33. The molecule has 0 heterocycles. The van der Waals surface area contributed by atoms with Crippen LogP contribution in [-0.4, -0.2) is 26.7 Å². The Bertz CT molecular complexity index is 530. The number of benzene rings is 1. The van der Waals surface area contributed by atoms with Gasteiger partial charge in [0.25, 0.3) is 0 Å². The Balaban J connectivity index is 1.82. The molecule has 0 saturated heterocycles. The minimum atomic E-state index is -3.36. The van der Waals surface area contributed by atoms with Crippen LogP contribution in [0, 0.1) is 5.92 Å². The minimum Gasteiger partial charge on any atom is -0.464 e. The lowest BCUT2D eigenvalue weighted by molar-refractivity contribution is -0.148. The first kappa shape index (κ1) is 15.0. The normalized spacial score (nSPS) is 16.8. The molecule has 0 amide bonds. The van der Waals surface area contributed by atoms with Crippen LogP contribution in [0.2, 0.25) is 0 Å². The highest BCUT2D eigenvalue weighted by molar-refractivity contribution is 7.91. The van der Waals surface area contributed by atoms with E-state index in [1.165, 1.54) is 6.42 Å². The van der Waals surface area contributed by atoms with Gasteiger partial charge in [-0.05, 0) is 25.0 Å². The molecule has 0 radical (unpaired) electrons. The molecule has 1 fully saturated rings. The molecule has 1 saturated carbocycles. The van der Waals surface area contributed by atoms with Gasteiger partial charge in [-0.1, -0.05) is 37.5 Å². The van der Waals surface area contributed by atoms with E-state index in [1.54, 1.807) is 30.3 Å². The van der Waals surface area contributed by atoms with Crippen molar-refractivity contribution in [3.8, 4) is 0 Å². The van der Waals surface area contributed by atoms with Crippen LogP contribution >= 0.6 is 0 Å². The molecule has 110 valence electrons. The van der Waals surface area contributed by atoms with Crippen molar-refractivity contribution in [1.29, 1.82) is 0 Å². The number of ether oxygens (including phenoxy) is 1. The first-order chi connectivity index (χ1) is 9.59. The SMILES string of the molecule is O=C(OCCS(=O)(=O)c1ccccc1)C1CCCCC1. The Hall–Kier alpha value is -1.36. The zero-order chi connectivity index (χ0) is 14.4. The smallest absolute Gasteiger partial charge is 0.308 e. The van der Waals surface area contributed by atoms with Gasteiger partial charge in [0.1, 0.15) is 6.61 Å². The van der Waals surface area contributed by atoms with Crippen molar-refractivity contribution in [2.75, 3.05) is 12.4 Å². The van der Waals surface area contributed by atoms with E-state index in [-0.39, 0.29) is 29.1 Å². The standard InChI is InChI=1S/C15H20O4S/c16-15(13-7-3-1-4-8-13)19-11-12-20(17,18)14-9-5-2-6-10-14/h2,5-6,9-10,13H,1,3-4,7-8,11-12H2. The third-order valence-electron chi connectivity index (χ3n) is 3.64. The number of hydrogen-bond acceptors (Lipinski definition) is 4. The summed E-state index contributed by atoms with van der Waals surface area (Å²) in [6.45, 7) is -0.0629. The molecule has 1 aromatic rings. The van der Waals surface area contributed by atoms with Crippen LogP contribution in [0.4, 0.5) is 0 Å². The number of rotatable bonds is 5. The quantitative estimate of drug-likeness (QED) is 0.784. The van der Waals surface area contributed by atoms with Crippen LogP contribution in [0.5, 0.6) is 0 Å². The molecule has 1 aliphatic carbocycles. The van der Waals surface area contributed by atoms with Crippen LogP contribution in [0.3, 0.4) is 0 Å². The van der Waals surface area contributed by atoms with E-state index in [9.17, 15) is 13.2 Å². The van der Waals surface area contributed by atoms with Crippen molar-refractivity contribution >= 4 is 15.8 Å². The van der Waals surface area contributed by atoms with E-state index < -0.39 is 9.84 Å². The predicted octanol–water partition coefficient (Wildman–Crippen LogP) is 2.58. The maximum atomic E-state index is 12.0. The average molecular weight is 296 g/mol. The molecule has 0 spiro atoms. The van der Waals surface area contributed by atoms with Crippen LogP contribution in [0.1, 0.15) is 32.1 Å². The Morgan fingerprint density at radius 3 is 2.40 bits per heavy atom. The second kappa shape index (κ2) is 6.88. The van der Waals surface area contributed by atoms with Gasteiger partial charge in [0, 0.05) is 0 Å². The maximum absolute atomic E-state index is 12.0. The van der Waals surface area contributed by atoms with E-state index in [1.807, 2.05) is 0 Å². The number of sulfone groups is 1. The molecule has 1 aliphatic rings. The molecular weight excluding hydrogens is 276 g/mol. The molecule has 5 heteroatoms. The average Bonchev–Trinajstić information content (AvgIpc) is 2.49. The zero-order valence-corrected chi connectivity index (χ0v) is 12.3. The van der Waals surface area contributed by atoms with Gasteiger partial charge in [-0.25, -0.2) is 8.42 Å². The Kier molecular flexibility index (Phi) is 5.17. The lowest BCUT2D eigenvalue weighted by atomic mass is 9.89. The van der Waals surface area contributed by atoms with Gasteiger partial charge in [-0.2, -0.15) is 0 Å². The lowest BCUT2D eigenvalue weighted by Gasteiger charge is -2.19. The molecule has 0 aromatic heterocycles. The zero-order valence-electron chi connectivity index (χ0n) is 11.5. The van der Waals surface area contributed by atoms with Gasteiger partial charge in [0.2, 0.25) is 0 Å². The van der Waals surface area contributed by atoms with E-state index in [0.717, 1.165) is 25.7 Å². The van der Waals surface area contributed by atoms with Gasteiger partial charge in [-0.15, -0.1) is 0 Å². The van der Waals surface area contributed by atoms with Crippen molar-refractivity contribution in [3.05, 3.63) is 30.3 Å². The predicted molar refractivity (Wildman–Crippen MR) is 76.0 cm³/mol. The Labute approximate surface area is 120 Å². The van der Waals surface area contributed by atoms with Crippen molar-refractivity contribution in [2.45, 2.75) is 37.0 Å². The first-order valence-corrected chi connectivity index (χ1v) is 8.69. The maximum Gasteiger partial charge on any atom is 0.308 e. The van der Waals surface area contributed by atoms with E-state index >= 15 is 0 Å². The number of carbonyl (C=O) groups excluding carboxylic acids is 1. The third kappa shape index (κ3) is 4.07. The first-order valence-electron chi connectivity index (χ1n) is 7.04. The van der Waals surface area contributed by atoms with Gasteiger partial charge in [0.15, 0.2) is 9.84 Å². The molecule has 0 bridgehead atoms. The summed E-state index contributed by atoms with van der Waals surface area (Å²) in [5.74, 6) is -0.439. The van der Waals surface area contributed by atoms with Crippen molar-refractivity contribution in [1.82, 2.24) is 0 Å². The molecule has 1 aromatic carbocycles. The summed E-state index contributed by atoms with van der Waals surface area (Å²) in [7, 11) is -3.36. The summed E-state index contributed by atoms with van der Waals surface area (Å²) in [6.07, 6.45) is 5.02. The summed E-state index contributed by atoms with van der Waals surface area (Å²) >= 11 is 0. The second-order valence-electron chi connectivity index (χ2n) is 5.13. The van der Waals surface area contributed by atoms with E-state index in [0.29, 0.717) is 0 Å². The van der Waals surface area contributed by atoms with Gasteiger partial charge in [0.05, 0.1) is 16.6 Å². The molecule has 0 unspecified atom stereocenters. The summed E-state index contributed by atoms with van der Waals surface area (Å²) in [5, 5.41) is 0. The monoisotopic (exact) mass is 296 g/mol. The summed E-state index contributed by atoms with van der Waals surface area (Å²) in [5.41, 5.74) is 0. The fourth-order valence-corrected chi connectivity index (χ4v) is 3.56. The van der Waals surface area contributed by atoms with Crippen LogP contribution < -0.4 is 0 Å². The largest absolute Gasteiger partial charge is 0.464 e. The van der Waals surface area contributed by atoms with Crippen molar-refractivity contribution < 1.29 is 17.9 Å². The molecule has 0 atom stereocenters. The molecule has 2 rings (SSSR count). The molecule has 0 N–H and O–H groups in total. The summed E-state index contributed by atoms with van der Waals surface area (Å²) in [4.78, 5) is 12.1. The highest BCUT2D eigenvalue weighted by Crippen LogP contribution is 2.24. The lowest BCUT2D eigenvalue weighted by Crippen LogP contribution is -2.23. The molecular formula is C15H20O4S. The van der Waals surface area contributed by atoms with Gasteiger partial charge < -0.3 is 4.74 Å². The highest BCUT2D eigenvalue weighted by atomic mass is 32.2. The van der Waals surface area contributed by atoms with Crippen LogP contribution in [-0.2, 0) is 19.4 Å². The fourth-order valence-electron chi connectivity index (χ4n) is 2.45. The van der Waals surface area contributed by atoms with Gasteiger partial charge >= 0.3 is 5.97 Å². The molecule has 4 nitrogen and oxygen atoms in total. The highest BCUT2D eigenvalue weighted by Gasteiger charge is 2.23. The summed E-state index contributed by atoms with van der Waals surface area (Å²) < 4.78 is 29.1. The molecule has 0 aliphatic heterocycles. The Morgan fingerprint density at radius 2 is 1.75 bits per heavy atom. The van der Waals surface area contributed by atoms with E-state index in [2.05, 4.69) is 0 Å². The topological polar surface area (TPSA) is 60.4 Å². The van der Waals surface area contributed by atoms with Crippen LogP contribution in [0.15, 0.2) is 35.2 Å². The Morgan fingerprint density at radius 1 is 1.10 bits per heavy atom. The number of hydrogen-bond donors (Lipinski definition) is 0. The number of carbonyl (C=O) groups is 1. The van der Waals surface area contributed by atoms with Crippen LogP contribution in [0.25, 0.3) is 0 Å². The minimum absolute atomic E-state index is 0.0387. The van der Waals surface area contributed by atoms with Gasteiger partial charge in [-0.3, -0.25) is 4.79 Å².